The minimum Gasteiger partial charge on any atom is -0.462 e. The summed E-state index contributed by atoms with van der Waals surface area (Å²) in [6.45, 7) is 6.43. The molecule has 1 amide bonds. The van der Waals surface area contributed by atoms with Crippen LogP contribution in [0, 0.1) is 0 Å². The Kier molecular flexibility index (Phi) is 52.6. The summed E-state index contributed by atoms with van der Waals surface area (Å²) in [5.74, 6) is -0.533. The average molecular weight is 949 g/mol. The highest BCUT2D eigenvalue weighted by Crippen LogP contribution is 2.18. The summed E-state index contributed by atoms with van der Waals surface area (Å²) in [7, 11) is 0. The van der Waals surface area contributed by atoms with E-state index >= 15 is 0 Å². The fourth-order valence-corrected chi connectivity index (χ4v) is 8.44. The Morgan fingerprint density at radius 1 is 0.426 bits per heavy atom. The number of hydrogen-bond donors (Lipinski definition) is 3. The standard InChI is InChI=1S/C62H109NO5/c1-4-7-10-13-16-19-22-25-28-30-31-34-37-40-43-46-49-52-55-62(67)68-58(53-50-47-44-41-38-35-33-29-26-23-20-17-14-11-8-5-2)56-61(66)63-59(57-64)60(65)54-51-48-45-42-39-36-32-27-24-21-18-15-12-9-6-3/h16,19,22-23,25-26,28-31,33-35,38,58-60,64-65H,4-15,17-18,20-21,24,27,32,36-37,39-57H2,1-3H3,(H,63,66)/b19-16+,25-22+,26-23+,30-28+,33-29+,34-31+,38-35+. The first-order valence-corrected chi connectivity index (χ1v) is 28.9. The van der Waals surface area contributed by atoms with Gasteiger partial charge in [0.2, 0.25) is 5.91 Å². The second-order valence-corrected chi connectivity index (χ2v) is 19.5. The molecular weight excluding hydrogens is 839 g/mol. The summed E-state index contributed by atoms with van der Waals surface area (Å²) >= 11 is 0. The van der Waals surface area contributed by atoms with Gasteiger partial charge in [0, 0.05) is 6.42 Å². The monoisotopic (exact) mass is 948 g/mol. The lowest BCUT2D eigenvalue weighted by molar-refractivity contribution is -0.151. The van der Waals surface area contributed by atoms with E-state index < -0.39 is 18.2 Å². The van der Waals surface area contributed by atoms with Gasteiger partial charge >= 0.3 is 5.97 Å². The topological polar surface area (TPSA) is 95.9 Å². The Hall–Kier alpha value is -2.96. The van der Waals surface area contributed by atoms with Crippen molar-refractivity contribution in [3.05, 3.63) is 85.1 Å². The van der Waals surface area contributed by atoms with Crippen molar-refractivity contribution < 1.29 is 24.5 Å². The number of aliphatic hydroxyl groups is 2. The van der Waals surface area contributed by atoms with Crippen LogP contribution >= 0.6 is 0 Å². The molecule has 0 bridgehead atoms. The van der Waals surface area contributed by atoms with Gasteiger partial charge in [-0.05, 0) is 77.0 Å². The van der Waals surface area contributed by atoms with Gasteiger partial charge in [-0.2, -0.15) is 0 Å². The molecule has 0 aromatic rings. The number of hydrogen-bond acceptors (Lipinski definition) is 5. The van der Waals surface area contributed by atoms with Crippen molar-refractivity contribution in [3.63, 3.8) is 0 Å². The molecule has 6 nitrogen and oxygen atoms in total. The maximum atomic E-state index is 13.3. The molecule has 392 valence electrons. The van der Waals surface area contributed by atoms with Crippen molar-refractivity contribution in [3.8, 4) is 0 Å². The zero-order chi connectivity index (χ0) is 49.5. The number of carbonyl (C=O) groups excluding carboxylic acids is 2. The van der Waals surface area contributed by atoms with Gasteiger partial charge in [0.15, 0.2) is 0 Å². The fourth-order valence-electron chi connectivity index (χ4n) is 8.44. The van der Waals surface area contributed by atoms with Gasteiger partial charge in [-0.1, -0.05) is 266 Å². The number of aliphatic hydroxyl groups excluding tert-OH is 2. The van der Waals surface area contributed by atoms with E-state index in [0.717, 1.165) is 96.3 Å². The highest BCUT2D eigenvalue weighted by molar-refractivity contribution is 5.77. The molecule has 3 unspecified atom stereocenters. The largest absolute Gasteiger partial charge is 0.462 e. The van der Waals surface area contributed by atoms with Crippen LogP contribution in [-0.2, 0) is 14.3 Å². The number of carbonyl (C=O) groups is 2. The van der Waals surface area contributed by atoms with E-state index in [4.69, 9.17) is 4.74 Å². The van der Waals surface area contributed by atoms with Crippen molar-refractivity contribution in [2.24, 2.45) is 0 Å². The minimum atomic E-state index is -0.807. The molecule has 0 aliphatic rings. The molecule has 68 heavy (non-hydrogen) atoms. The molecule has 0 radical (unpaired) electrons. The van der Waals surface area contributed by atoms with E-state index in [0.29, 0.717) is 19.3 Å². The molecule has 0 saturated carbocycles. The van der Waals surface area contributed by atoms with Crippen LogP contribution in [0.3, 0.4) is 0 Å². The van der Waals surface area contributed by atoms with Gasteiger partial charge < -0.3 is 20.3 Å². The third kappa shape index (κ3) is 49.5. The van der Waals surface area contributed by atoms with Crippen LogP contribution in [0.5, 0.6) is 0 Å². The number of allylic oxidation sites excluding steroid dienone is 14. The van der Waals surface area contributed by atoms with E-state index in [-0.39, 0.29) is 24.9 Å². The molecule has 0 saturated heterocycles. The van der Waals surface area contributed by atoms with Gasteiger partial charge in [-0.25, -0.2) is 0 Å². The zero-order valence-corrected chi connectivity index (χ0v) is 44.7. The second-order valence-electron chi connectivity index (χ2n) is 19.5. The second kappa shape index (κ2) is 55.0. The molecule has 0 spiro atoms. The molecule has 0 fully saturated rings. The molecule has 0 rings (SSSR count). The first-order valence-electron chi connectivity index (χ1n) is 28.9. The molecule has 3 N–H and O–H groups in total. The highest BCUT2D eigenvalue weighted by Gasteiger charge is 2.24. The summed E-state index contributed by atoms with van der Waals surface area (Å²) < 4.78 is 5.94. The normalized spacial score (nSPS) is 13.8. The molecule has 0 aromatic carbocycles. The third-order valence-corrected chi connectivity index (χ3v) is 12.9. The van der Waals surface area contributed by atoms with E-state index in [9.17, 15) is 19.8 Å². The molecule has 0 aliphatic heterocycles. The molecule has 6 heteroatoms. The predicted molar refractivity (Wildman–Crippen MR) is 296 cm³/mol. The molecule has 0 aliphatic carbocycles. The Balaban J connectivity index is 4.69. The van der Waals surface area contributed by atoms with E-state index in [1.807, 2.05) is 0 Å². The van der Waals surface area contributed by atoms with Gasteiger partial charge in [-0.3, -0.25) is 9.59 Å². The summed E-state index contributed by atoms with van der Waals surface area (Å²) in [6, 6.07) is -0.723. The number of nitrogens with one attached hydrogen (secondary N) is 1. The van der Waals surface area contributed by atoms with Crippen LogP contribution in [0.15, 0.2) is 85.1 Å². The number of amides is 1. The van der Waals surface area contributed by atoms with Crippen molar-refractivity contribution in [2.45, 2.75) is 289 Å². The van der Waals surface area contributed by atoms with Crippen LogP contribution in [0.2, 0.25) is 0 Å². The van der Waals surface area contributed by atoms with E-state index in [1.165, 1.54) is 128 Å². The highest BCUT2D eigenvalue weighted by atomic mass is 16.5. The number of rotatable bonds is 51. The molecule has 0 heterocycles. The van der Waals surface area contributed by atoms with E-state index in [1.54, 1.807) is 0 Å². The maximum absolute atomic E-state index is 13.3. The quantitative estimate of drug-likeness (QED) is 0.0321. The van der Waals surface area contributed by atoms with Crippen molar-refractivity contribution in [2.75, 3.05) is 6.61 Å². The number of ether oxygens (including phenoxy) is 1. The van der Waals surface area contributed by atoms with Crippen molar-refractivity contribution >= 4 is 11.9 Å². The third-order valence-electron chi connectivity index (χ3n) is 12.9. The summed E-state index contributed by atoms with van der Waals surface area (Å²) in [6.07, 6.45) is 72.1. The smallest absolute Gasteiger partial charge is 0.306 e. The van der Waals surface area contributed by atoms with Gasteiger partial charge in [0.25, 0.3) is 0 Å². The van der Waals surface area contributed by atoms with Gasteiger partial charge in [0.1, 0.15) is 6.10 Å². The molecule has 3 atom stereocenters. The van der Waals surface area contributed by atoms with E-state index in [2.05, 4.69) is 111 Å². The lowest BCUT2D eigenvalue weighted by atomic mass is 10.0. The van der Waals surface area contributed by atoms with Crippen LogP contribution in [0.25, 0.3) is 0 Å². The van der Waals surface area contributed by atoms with Gasteiger partial charge in [0.05, 0.1) is 25.2 Å². The summed E-state index contributed by atoms with van der Waals surface area (Å²) in [5, 5.41) is 23.9. The molecule has 0 aromatic heterocycles. The lowest BCUT2D eigenvalue weighted by Gasteiger charge is -2.24. The van der Waals surface area contributed by atoms with Crippen molar-refractivity contribution in [1.29, 1.82) is 0 Å². The number of esters is 1. The molecular formula is C62H109NO5. The first-order chi connectivity index (χ1) is 33.5. The van der Waals surface area contributed by atoms with Crippen molar-refractivity contribution in [1.82, 2.24) is 5.32 Å². The Labute approximate surface area is 421 Å². The fraction of sp³-hybridized carbons (Fsp3) is 0.742. The van der Waals surface area contributed by atoms with Gasteiger partial charge in [-0.15, -0.1) is 0 Å². The predicted octanol–water partition coefficient (Wildman–Crippen LogP) is 17.9. The zero-order valence-electron chi connectivity index (χ0n) is 44.7. The summed E-state index contributed by atoms with van der Waals surface area (Å²) in [4.78, 5) is 26.3. The SMILES string of the molecule is CCCCC/C=C/C=C/C=C/C=C/CCCCCCCC(=O)OC(CCCCC/C=C/C=C/C=C/CCCCCCC)CC(=O)NC(CO)C(O)CCCCCCCCCCCCCCCCC. The average Bonchev–Trinajstić information content (AvgIpc) is 3.33. The van der Waals surface area contributed by atoms with Crippen LogP contribution < -0.4 is 5.32 Å². The van der Waals surface area contributed by atoms with Crippen LogP contribution in [-0.4, -0.2) is 46.9 Å². The minimum absolute atomic E-state index is 0.0417. The Morgan fingerprint density at radius 3 is 1.18 bits per heavy atom. The Bertz CT molecular complexity index is 1290. The summed E-state index contributed by atoms with van der Waals surface area (Å²) in [5.41, 5.74) is 0. The van der Waals surface area contributed by atoms with Crippen LogP contribution in [0.4, 0.5) is 0 Å². The van der Waals surface area contributed by atoms with Crippen LogP contribution in [0.1, 0.15) is 271 Å². The lowest BCUT2D eigenvalue weighted by Crippen LogP contribution is -2.46. The Morgan fingerprint density at radius 2 is 0.750 bits per heavy atom. The maximum Gasteiger partial charge on any atom is 0.306 e. The number of unbranched alkanes of at least 4 members (excludes halogenated alkanes) is 30. The first kappa shape index (κ1) is 65.0.